The molecule has 1 spiro atoms. The van der Waals surface area contributed by atoms with Crippen LogP contribution in [0.1, 0.15) is 50.5 Å². The molecule has 0 unspecified atom stereocenters. The molecule has 1 heterocycles. The Kier molecular flexibility index (Phi) is 4.73. The summed E-state index contributed by atoms with van der Waals surface area (Å²) < 4.78 is 0. The van der Waals surface area contributed by atoms with Gasteiger partial charge >= 0.3 is 0 Å². The molecule has 0 radical (unpaired) electrons. The molecule has 130 valence electrons. The van der Waals surface area contributed by atoms with E-state index in [-0.39, 0.29) is 5.54 Å². The highest BCUT2D eigenvalue weighted by Crippen LogP contribution is 2.38. The average Bonchev–Trinajstić information content (AvgIpc) is 2.64. The fraction of sp³-hybridized carbons (Fsp3) is 0.409. The second-order valence-electron chi connectivity index (χ2n) is 7.30. The van der Waals surface area contributed by atoms with Crippen LogP contribution in [0.3, 0.4) is 0 Å². The first-order valence-corrected chi connectivity index (χ1v) is 9.59. The van der Waals surface area contributed by atoms with Gasteiger partial charge in [0.15, 0.2) is 0 Å². The van der Waals surface area contributed by atoms with E-state index < -0.39 is 0 Å². The number of amidine groups is 1. The lowest BCUT2D eigenvalue weighted by molar-refractivity contribution is 0.419. The van der Waals surface area contributed by atoms with Gasteiger partial charge in [-0.2, -0.15) is 0 Å². The molecule has 25 heavy (non-hydrogen) atoms. The molecule has 0 amide bonds. The van der Waals surface area contributed by atoms with Crippen LogP contribution in [0.15, 0.2) is 59.6 Å². The van der Waals surface area contributed by atoms with Crippen molar-refractivity contribution in [2.75, 3.05) is 10.6 Å². The predicted molar refractivity (Wildman–Crippen MR) is 106 cm³/mol. The van der Waals surface area contributed by atoms with Crippen LogP contribution in [-0.2, 0) is 6.54 Å². The summed E-state index contributed by atoms with van der Waals surface area (Å²) in [5.41, 5.74) is 3.57. The number of anilines is 2. The fourth-order valence-electron chi connectivity index (χ4n) is 4.08. The van der Waals surface area contributed by atoms with Gasteiger partial charge in [0.25, 0.3) is 0 Å². The highest BCUT2D eigenvalue weighted by atomic mass is 15.2. The molecule has 0 atom stereocenters. The van der Waals surface area contributed by atoms with Gasteiger partial charge in [0.1, 0.15) is 5.84 Å². The Morgan fingerprint density at radius 1 is 0.760 bits per heavy atom. The zero-order valence-corrected chi connectivity index (χ0v) is 14.8. The third-order valence-electron chi connectivity index (χ3n) is 5.48. The number of hydrogen-bond donors (Lipinski definition) is 2. The molecule has 1 fully saturated rings. The molecule has 2 aromatic carbocycles. The quantitative estimate of drug-likeness (QED) is 0.750. The molecule has 2 aliphatic rings. The number of nitrogens with one attached hydrogen (secondary N) is 2. The molecule has 2 aromatic rings. The summed E-state index contributed by atoms with van der Waals surface area (Å²) >= 11 is 0. The minimum absolute atomic E-state index is 0.0381. The topological polar surface area (TPSA) is 36.4 Å². The van der Waals surface area contributed by atoms with E-state index in [2.05, 4.69) is 65.2 Å². The number of rotatable bonds is 2. The third-order valence-corrected chi connectivity index (χ3v) is 5.48. The summed E-state index contributed by atoms with van der Waals surface area (Å²) in [4.78, 5) is 5.04. The summed E-state index contributed by atoms with van der Waals surface area (Å²) in [5, 5.41) is 7.54. The van der Waals surface area contributed by atoms with Gasteiger partial charge in [-0.1, -0.05) is 74.6 Å². The number of para-hydroxylation sites is 2. The third kappa shape index (κ3) is 3.55. The smallest absolute Gasteiger partial charge is 0.127 e. The van der Waals surface area contributed by atoms with Gasteiger partial charge in [0, 0.05) is 0 Å². The van der Waals surface area contributed by atoms with Crippen molar-refractivity contribution in [3.05, 3.63) is 60.2 Å². The lowest BCUT2D eigenvalue weighted by atomic mass is 9.81. The highest BCUT2D eigenvalue weighted by Gasteiger charge is 2.39. The van der Waals surface area contributed by atoms with Crippen molar-refractivity contribution in [3.63, 3.8) is 0 Å². The van der Waals surface area contributed by atoms with E-state index in [0.29, 0.717) is 0 Å². The predicted octanol–water partition coefficient (Wildman–Crippen LogP) is 5.61. The molecular formula is C22H27N3. The normalized spacial score (nSPS) is 20.9. The molecule has 3 nitrogen and oxygen atoms in total. The van der Waals surface area contributed by atoms with Crippen molar-refractivity contribution in [1.82, 2.24) is 0 Å². The molecule has 1 aliphatic carbocycles. The summed E-state index contributed by atoms with van der Waals surface area (Å²) in [6.07, 6.45) is 8.87. The van der Waals surface area contributed by atoms with Crippen LogP contribution < -0.4 is 10.6 Å². The zero-order valence-electron chi connectivity index (χ0n) is 14.8. The van der Waals surface area contributed by atoms with Gasteiger partial charge in [-0.3, -0.25) is 4.99 Å². The Balaban J connectivity index is 1.67. The lowest BCUT2D eigenvalue weighted by Crippen LogP contribution is -2.53. The van der Waals surface area contributed by atoms with Crippen molar-refractivity contribution < 1.29 is 0 Å². The van der Waals surface area contributed by atoms with Crippen LogP contribution in [-0.4, -0.2) is 11.4 Å². The number of fused-ring (bicyclic) bond motifs is 1. The molecule has 1 saturated carbocycles. The van der Waals surface area contributed by atoms with Gasteiger partial charge in [-0.05, 0) is 30.5 Å². The molecule has 0 saturated heterocycles. The lowest BCUT2D eigenvalue weighted by Gasteiger charge is -2.42. The first kappa shape index (κ1) is 16.2. The zero-order chi connectivity index (χ0) is 17.0. The van der Waals surface area contributed by atoms with Crippen molar-refractivity contribution >= 4 is 17.2 Å². The Morgan fingerprint density at radius 2 is 1.40 bits per heavy atom. The molecular weight excluding hydrogens is 306 g/mol. The first-order valence-electron chi connectivity index (χ1n) is 9.59. The maximum atomic E-state index is 5.04. The number of aliphatic imine (C=N–C) groups is 1. The summed E-state index contributed by atoms with van der Waals surface area (Å²) in [6, 6.07) is 19.0. The van der Waals surface area contributed by atoms with E-state index in [1.165, 1.54) is 43.4 Å². The van der Waals surface area contributed by atoms with Crippen molar-refractivity contribution in [1.29, 1.82) is 0 Å². The van der Waals surface area contributed by atoms with E-state index in [1.807, 2.05) is 0 Å². The molecule has 0 bridgehead atoms. The Labute approximate surface area is 150 Å². The summed E-state index contributed by atoms with van der Waals surface area (Å²) in [6.45, 7) is 0.731. The van der Waals surface area contributed by atoms with Crippen LogP contribution in [0.4, 0.5) is 11.4 Å². The van der Waals surface area contributed by atoms with Gasteiger partial charge in [0.2, 0.25) is 0 Å². The molecule has 0 aromatic heterocycles. The second kappa shape index (κ2) is 7.30. The summed E-state index contributed by atoms with van der Waals surface area (Å²) in [7, 11) is 0. The summed E-state index contributed by atoms with van der Waals surface area (Å²) in [5.74, 6) is 1.12. The maximum Gasteiger partial charge on any atom is 0.127 e. The Bertz CT molecular complexity index is 728. The molecule has 2 N–H and O–H groups in total. The Hall–Kier alpha value is -2.29. The standard InChI is InChI=1S/C22H27N3/c1-2-9-15-22(16-10-3-1)21(23-17-18-11-5-4-6-12-18)24-19-13-7-8-14-20(19)25-22/h4-8,11-14,25H,1-3,9-10,15-17H2,(H,23,24). The largest absolute Gasteiger partial charge is 0.371 e. The molecule has 3 heteroatoms. The van der Waals surface area contributed by atoms with Crippen LogP contribution in [0, 0.1) is 0 Å². The number of benzene rings is 2. The van der Waals surface area contributed by atoms with Crippen LogP contribution in [0.2, 0.25) is 0 Å². The van der Waals surface area contributed by atoms with Gasteiger partial charge in [-0.25, -0.2) is 0 Å². The van der Waals surface area contributed by atoms with Crippen LogP contribution in [0.5, 0.6) is 0 Å². The number of hydrogen-bond acceptors (Lipinski definition) is 2. The van der Waals surface area contributed by atoms with Gasteiger partial charge < -0.3 is 10.6 Å². The van der Waals surface area contributed by atoms with E-state index in [0.717, 1.165) is 30.9 Å². The van der Waals surface area contributed by atoms with E-state index >= 15 is 0 Å². The van der Waals surface area contributed by atoms with Crippen molar-refractivity contribution in [2.24, 2.45) is 4.99 Å². The van der Waals surface area contributed by atoms with Crippen molar-refractivity contribution in [2.45, 2.75) is 57.0 Å². The molecule has 4 rings (SSSR count). The van der Waals surface area contributed by atoms with Crippen molar-refractivity contribution in [3.8, 4) is 0 Å². The average molecular weight is 333 g/mol. The van der Waals surface area contributed by atoms with E-state index in [4.69, 9.17) is 4.99 Å². The first-order chi connectivity index (χ1) is 12.4. The van der Waals surface area contributed by atoms with Gasteiger partial charge in [0.05, 0.1) is 23.5 Å². The minimum atomic E-state index is -0.0381. The van der Waals surface area contributed by atoms with E-state index in [1.54, 1.807) is 0 Å². The minimum Gasteiger partial charge on any atom is -0.371 e. The van der Waals surface area contributed by atoms with Crippen LogP contribution in [0.25, 0.3) is 0 Å². The molecule has 1 aliphatic heterocycles. The van der Waals surface area contributed by atoms with Crippen LogP contribution >= 0.6 is 0 Å². The Morgan fingerprint density at radius 3 is 2.16 bits per heavy atom. The maximum absolute atomic E-state index is 5.04. The van der Waals surface area contributed by atoms with Gasteiger partial charge in [-0.15, -0.1) is 0 Å². The fourth-order valence-corrected chi connectivity index (χ4v) is 4.08. The number of nitrogens with zero attached hydrogens (tertiary/aromatic N) is 1. The van der Waals surface area contributed by atoms with E-state index in [9.17, 15) is 0 Å². The SMILES string of the molecule is c1ccc(CN=C2Nc3ccccc3NC23CCCCCCC3)cc1. The highest BCUT2D eigenvalue weighted by molar-refractivity contribution is 6.09. The second-order valence-corrected chi connectivity index (χ2v) is 7.30. The monoisotopic (exact) mass is 333 g/mol.